The van der Waals surface area contributed by atoms with Crippen LogP contribution in [-0.4, -0.2) is 0 Å². The maximum absolute atomic E-state index is 13.2. The van der Waals surface area contributed by atoms with E-state index in [-0.39, 0.29) is 5.82 Å². The molecule has 2 aromatic rings. The number of rotatable bonds is 0. The van der Waals surface area contributed by atoms with Crippen molar-refractivity contribution in [2.24, 2.45) is 0 Å². The van der Waals surface area contributed by atoms with Gasteiger partial charge in [0.1, 0.15) is 5.82 Å². The first-order valence-corrected chi connectivity index (χ1v) is 4.31. The van der Waals surface area contributed by atoms with E-state index in [0.29, 0.717) is 15.6 Å². The molecule has 0 saturated heterocycles. The van der Waals surface area contributed by atoms with Gasteiger partial charge in [0.05, 0.1) is 10.7 Å². The monoisotopic (exact) mass is 228 g/mol. The van der Waals surface area contributed by atoms with E-state index in [1.165, 1.54) is 0 Å². The van der Waals surface area contributed by atoms with Crippen molar-refractivity contribution in [1.82, 2.24) is 0 Å². The van der Waals surface area contributed by atoms with Gasteiger partial charge >= 0.3 is 0 Å². The molecule has 0 spiro atoms. The van der Waals surface area contributed by atoms with Crippen molar-refractivity contribution in [2.75, 3.05) is 0 Å². The summed E-state index contributed by atoms with van der Waals surface area (Å²) in [4.78, 5) is 0. The zero-order chi connectivity index (χ0) is 8.72. The van der Waals surface area contributed by atoms with E-state index < -0.39 is 0 Å². The van der Waals surface area contributed by atoms with Crippen molar-refractivity contribution in [3.63, 3.8) is 0 Å². The van der Waals surface area contributed by atoms with Crippen molar-refractivity contribution in [3.8, 4) is 0 Å². The second kappa shape index (κ2) is 2.59. The number of fused-ring (bicyclic) bond motifs is 1. The molecule has 0 aliphatic carbocycles. The molecule has 0 saturated carbocycles. The van der Waals surface area contributed by atoms with Gasteiger partial charge in [-0.05, 0) is 40.5 Å². The van der Waals surface area contributed by atoms with Crippen LogP contribution in [0.25, 0.3) is 11.0 Å². The summed E-state index contributed by atoms with van der Waals surface area (Å²) in [5.41, 5.74) is 1.19. The lowest BCUT2D eigenvalue weighted by atomic mass is 10.2. The van der Waals surface area contributed by atoms with Gasteiger partial charge in [-0.25, -0.2) is 4.39 Å². The van der Waals surface area contributed by atoms with E-state index in [1.54, 1.807) is 19.3 Å². The largest absolute Gasteiger partial charge is 0.463 e. The molecule has 0 aliphatic heterocycles. The second-order valence-electron chi connectivity index (χ2n) is 2.66. The van der Waals surface area contributed by atoms with Crippen LogP contribution in [0.2, 0.25) is 0 Å². The Balaban J connectivity index is 2.94. The Kier molecular flexibility index (Phi) is 1.68. The van der Waals surface area contributed by atoms with Gasteiger partial charge in [0, 0.05) is 5.39 Å². The summed E-state index contributed by atoms with van der Waals surface area (Å²) in [6.45, 7) is 1.73. The molecule has 0 amide bonds. The van der Waals surface area contributed by atoms with E-state index in [0.717, 1.165) is 5.39 Å². The second-order valence-corrected chi connectivity index (χ2v) is 3.45. The zero-order valence-electron chi connectivity index (χ0n) is 6.40. The third kappa shape index (κ3) is 0.966. The summed E-state index contributed by atoms with van der Waals surface area (Å²) in [6, 6.07) is 3.57. The molecule has 0 bridgehead atoms. The highest BCUT2D eigenvalue weighted by molar-refractivity contribution is 9.10. The molecule has 62 valence electrons. The van der Waals surface area contributed by atoms with Crippen LogP contribution in [0.4, 0.5) is 4.39 Å². The lowest BCUT2D eigenvalue weighted by molar-refractivity contribution is 0.588. The highest BCUT2D eigenvalue weighted by atomic mass is 79.9. The molecule has 1 aromatic heterocycles. The van der Waals surface area contributed by atoms with Crippen LogP contribution in [0.5, 0.6) is 0 Å². The SMILES string of the molecule is Cc1cc2ccoc2c(Br)c1F. The minimum atomic E-state index is -0.252. The third-order valence-corrected chi connectivity index (χ3v) is 2.51. The zero-order valence-corrected chi connectivity index (χ0v) is 7.98. The van der Waals surface area contributed by atoms with Crippen LogP contribution in [-0.2, 0) is 0 Å². The Bertz CT molecular complexity index is 433. The number of benzene rings is 1. The number of furan rings is 1. The standard InChI is InChI=1S/C9H6BrFO/c1-5-4-6-2-3-12-9(6)7(10)8(5)11/h2-4H,1H3. The van der Waals surface area contributed by atoms with Crippen LogP contribution in [0.15, 0.2) is 27.3 Å². The van der Waals surface area contributed by atoms with Gasteiger partial charge in [-0.15, -0.1) is 0 Å². The van der Waals surface area contributed by atoms with Crippen LogP contribution >= 0.6 is 15.9 Å². The lowest BCUT2D eigenvalue weighted by Gasteiger charge is -1.98. The molecule has 0 fully saturated rings. The summed E-state index contributed by atoms with van der Waals surface area (Å²) in [7, 11) is 0. The normalized spacial score (nSPS) is 10.9. The molecule has 0 unspecified atom stereocenters. The van der Waals surface area contributed by atoms with Crippen LogP contribution in [0.3, 0.4) is 0 Å². The first-order valence-electron chi connectivity index (χ1n) is 3.52. The molecule has 3 heteroatoms. The van der Waals surface area contributed by atoms with Gasteiger partial charge in [0.2, 0.25) is 0 Å². The van der Waals surface area contributed by atoms with E-state index >= 15 is 0 Å². The smallest absolute Gasteiger partial charge is 0.151 e. The van der Waals surface area contributed by atoms with Crippen molar-refractivity contribution in [3.05, 3.63) is 34.2 Å². The van der Waals surface area contributed by atoms with Crippen molar-refractivity contribution in [2.45, 2.75) is 6.92 Å². The summed E-state index contributed by atoms with van der Waals surface area (Å²) in [5.74, 6) is -0.252. The molecule has 1 heterocycles. The van der Waals surface area contributed by atoms with Gasteiger partial charge in [0.25, 0.3) is 0 Å². The molecule has 0 radical (unpaired) electrons. The van der Waals surface area contributed by atoms with Crippen LogP contribution in [0, 0.1) is 12.7 Å². The average molecular weight is 229 g/mol. The fraction of sp³-hybridized carbons (Fsp3) is 0.111. The Hall–Kier alpha value is -0.830. The van der Waals surface area contributed by atoms with E-state index in [9.17, 15) is 4.39 Å². The molecular formula is C9H6BrFO. The molecule has 1 aromatic carbocycles. The quantitative estimate of drug-likeness (QED) is 0.672. The predicted molar refractivity (Wildman–Crippen MR) is 48.6 cm³/mol. The molecule has 12 heavy (non-hydrogen) atoms. The topological polar surface area (TPSA) is 13.1 Å². The summed E-state index contributed by atoms with van der Waals surface area (Å²) in [6.07, 6.45) is 1.55. The Labute approximate surface area is 77.3 Å². The first kappa shape index (κ1) is 7.80. The van der Waals surface area contributed by atoms with E-state index in [4.69, 9.17) is 4.42 Å². The van der Waals surface area contributed by atoms with Gasteiger partial charge in [-0.3, -0.25) is 0 Å². The predicted octanol–water partition coefficient (Wildman–Crippen LogP) is 3.64. The highest BCUT2D eigenvalue weighted by Crippen LogP contribution is 2.29. The number of aryl methyl sites for hydroxylation is 1. The molecule has 2 rings (SSSR count). The maximum atomic E-state index is 13.2. The third-order valence-electron chi connectivity index (χ3n) is 1.81. The number of hydrogen-bond donors (Lipinski definition) is 0. The minimum Gasteiger partial charge on any atom is -0.463 e. The maximum Gasteiger partial charge on any atom is 0.151 e. The number of halogens is 2. The van der Waals surface area contributed by atoms with Gasteiger partial charge in [-0.1, -0.05) is 0 Å². The van der Waals surface area contributed by atoms with Crippen molar-refractivity contribution >= 4 is 26.9 Å². The first-order chi connectivity index (χ1) is 5.70. The summed E-state index contributed by atoms with van der Waals surface area (Å²) < 4.78 is 18.7. The number of hydrogen-bond acceptors (Lipinski definition) is 1. The van der Waals surface area contributed by atoms with Crippen molar-refractivity contribution in [1.29, 1.82) is 0 Å². The van der Waals surface area contributed by atoms with Gasteiger partial charge in [0.15, 0.2) is 5.58 Å². The minimum absolute atomic E-state index is 0.252. The molecule has 0 atom stereocenters. The highest BCUT2D eigenvalue weighted by Gasteiger charge is 2.10. The fourth-order valence-electron chi connectivity index (χ4n) is 1.18. The molecule has 1 nitrogen and oxygen atoms in total. The van der Waals surface area contributed by atoms with Crippen molar-refractivity contribution < 1.29 is 8.81 Å². The average Bonchev–Trinajstić information content (AvgIpc) is 2.48. The molecule has 0 N–H and O–H groups in total. The molecular weight excluding hydrogens is 223 g/mol. The van der Waals surface area contributed by atoms with Crippen LogP contribution < -0.4 is 0 Å². The van der Waals surface area contributed by atoms with E-state index in [2.05, 4.69) is 15.9 Å². The van der Waals surface area contributed by atoms with Gasteiger partial charge < -0.3 is 4.42 Å². The van der Waals surface area contributed by atoms with Crippen LogP contribution in [0.1, 0.15) is 5.56 Å². The Morgan fingerprint density at radius 2 is 2.25 bits per heavy atom. The summed E-state index contributed by atoms with van der Waals surface area (Å²) in [5, 5.41) is 0.917. The Morgan fingerprint density at radius 3 is 3.00 bits per heavy atom. The van der Waals surface area contributed by atoms with E-state index in [1.807, 2.05) is 6.07 Å². The summed E-state index contributed by atoms with van der Waals surface area (Å²) >= 11 is 3.14. The lowest BCUT2D eigenvalue weighted by Crippen LogP contribution is -1.83. The fourth-order valence-corrected chi connectivity index (χ4v) is 1.82. The van der Waals surface area contributed by atoms with Gasteiger partial charge in [-0.2, -0.15) is 0 Å². The molecule has 0 aliphatic rings. The Morgan fingerprint density at radius 1 is 1.50 bits per heavy atom.